The highest BCUT2D eigenvalue weighted by Gasteiger charge is 2.21. The van der Waals surface area contributed by atoms with E-state index in [1.54, 1.807) is 12.1 Å². The summed E-state index contributed by atoms with van der Waals surface area (Å²) in [6.07, 6.45) is 0. The van der Waals surface area contributed by atoms with Crippen molar-refractivity contribution in [1.82, 2.24) is 14.7 Å². The first-order valence-corrected chi connectivity index (χ1v) is 13.1. The number of piperazine rings is 1. The standard InChI is InChI=1S/C26H28N6O2S/c1-27-35(33,34)22-13-11-21(12-14-22)31-15-17-32(18-16-31)26-29-24-10-6-5-9-23(24)25(30-26)28-19-20-7-3-2-4-8-20/h2-14,27H,15-19H2,1H3,(H,28,29,30). The Labute approximate surface area is 205 Å². The van der Waals surface area contributed by atoms with Gasteiger partial charge in [0.25, 0.3) is 0 Å². The van der Waals surface area contributed by atoms with Crippen LogP contribution >= 0.6 is 0 Å². The second-order valence-corrected chi connectivity index (χ2v) is 10.3. The fourth-order valence-electron chi connectivity index (χ4n) is 4.24. The zero-order valence-corrected chi connectivity index (χ0v) is 20.4. The van der Waals surface area contributed by atoms with Crippen LogP contribution < -0.4 is 19.8 Å². The lowest BCUT2D eigenvalue weighted by Gasteiger charge is -2.36. The number of hydrogen-bond donors (Lipinski definition) is 2. The van der Waals surface area contributed by atoms with Gasteiger partial charge in [-0.15, -0.1) is 0 Å². The van der Waals surface area contributed by atoms with Gasteiger partial charge in [-0.05, 0) is 49.0 Å². The highest BCUT2D eigenvalue weighted by molar-refractivity contribution is 7.89. The summed E-state index contributed by atoms with van der Waals surface area (Å²) < 4.78 is 26.3. The van der Waals surface area contributed by atoms with Crippen LogP contribution in [-0.4, -0.2) is 51.6 Å². The van der Waals surface area contributed by atoms with Crippen molar-refractivity contribution in [1.29, 1.82) is 0 Å². The molecule has 0 saturated carbocycles. The Morgan fingerprint density at radius 3 is 2.17 bits per heavy atom. The molecule has 1 fully saturated rings. The Balaban J connectivity index is 1.31. The number of nitrogens with zero attached hydrogens (tertiary/aromatic N) is 4. The Morgan fingerprint density at radius 1 is 0.800 bits per heavy atom. The number of aromatic nitrogens is 2. The molecular weight excluding hydrogens is 460 g/mol. The predicted molar refractivity (Wildman–Crippen MR) is 140 cm³/mol. The molecule has 180 valence electrons. The molecule has 0 atom stereocenters. The lowest BCUT2D eigenvalue weighted by Crippen LogP contribution is -2.47. The summed E-state index contributed by atoms with van der Waals surface area (Å²) in [6, 6.07) is 25.3. The molecule has 0 amide bonds. The smallest absolute Gasteiger partial charge is 0.240 e. The lowest BCUT2D eigenvalue weighted by atomic mass is 10.2. The summed E-state index contributed by atoms with van der Waals surface area (Å²) in [6.45, 7) is 3.82. The van der Waals surface area contributed by atoms with Gasteiger partial charge in [-0.1, -0.05) is 42.5 Å². The molecule has 1 saturated heterocycles. The molecular formula is C26H28N6O2S. The van der Waals surface area contributed by atoms with Gasteiger partial charge >= 0.3 is 0 Å². The second kappa shape index (κ2) is 9.89. The minimum Gasteiger partial charge on any atom is -0.368 e. The van der Waals surface area contributed by atoms with Gasteiger partial charge in [-0.2, -0.15) is 4.98 Å². The third-order valence-electron chi connectivity index (χ3n) is 6.24. The molecule has 1 aliphatic rings. The van der Waals surface area contributed by atoms with E-state index in [-0.39, 0.29) is 4.90 Å². The minimum absolute atomic E-state index is 0.266. The minimum atomic E-state index is -3.43. The summed E-state index contributed by atoms with van der Waals surface area (Å²) in [5.74, 6) is 1.55. The normalized spacial score (nSPS) is 14.3. The molecule has 0 spiro atoms. The van der Waals surface area contributed by atoms with E-state index in [2.05, 4.69) is 32.0 Å². The maximum Gasteiger partial charge on any atom is 0.240 e. The first kappa shape index (κ1) is 23.1. The first-order chi connectivity index (χ1) is 17.0. The van der Waals surface area contributed by atoms with Crippen LogP contribution in [0.15, 0.2) is 83.8 Å². The SMILES string of the molecule is CNS(=O)(=O)c1ccc(N2CCN(c3nc(NCc4ccccc4)c4ccccc4n3)CC2)cc1. The van der Waals surface area contributed by atoms with Gasteiger partial charge in [-0.25, -0.2) is 18.1 Å². The van der Waals surface area contributed by atoms with Crippen LogP contribution in [0.4, 0.5) is 17.5 Å². The van der Waals surface area contributed by atoms with E-state index in [1.807, 2.05) is 54.6 Å². The number of sulfonamides is 1. The van der Waals surface area contributed by atoms with Gasteiger partial charge in [0.2, 0.25) is 16.0 Å². The van der Waals surface area contributed by atoms with Gasteiger partial charge in [0, 0.05) is 43.8 Å². The van der Waals surface area contributed by atoms with Crippen molar-refractivity contribution >= 4 is 38.4 Å². The monoisotopic (exact) mass is 488 g/mol. The molecule has 0 aliphatic carbocycles. The van der Waals surface area contributed by atoms with Crippen molar-refractivity contribution in [3.8, 4) is 0 Å². The van der Waals surface area contributed by atoms with E-state index in [4.69, 9.17) is 9.97 Å². The molecule has 8 nitrogen and oxygen atoms in total. The number of para-hydroxylation sites is 1. The topological polar surface area (TPSA) is 90.5 Å². The van der Waals surface area contributed by atoms with Crippen molar-refractivity contribution in [2.75, 3.05) is 48.3 Å². The van der Waals surface area contributed by atoms with Crippen LogP contribution in [0.5, 0.6) is 0 Å². The molecule has 0 unspecified atom stereocenters. The second-order valence-electron chi connectivity index (χ2n) is 8.40. The average molecular weight is 489 g/mol. The van der Waals surface area contributed by atoms with Crippen LogP contribution in [-0.2, 0) is 16.6 Å². The molecule has 0 radical (unpaired) electrons. The maximum atomic E-state index is 12.0. The van der Waals surface area contributed by atoms with Crippen molar-refractivity contribution in [2.45, 2.75) is 11.4 Å². The Kier molecular flexibility index (Phi) is 6.52. The molecule has 5 rings (SSSR count). The molecule has 1 aliphatic heterocycles. The fourth-order valence-corrected chi connectivity index (χ4v) is 4.97. The molecule has 4 aromatic rings. The van der Waals surface area contributed by atoms with Crippen molar-refractivity contribution in [2.24, 2.45) is 0 Å². The molecule has 0 bridgehead atoms. The van der Waals surface area contributed by atoms with Gasteiger partial charge in [0.15, 0.2) is 0 Å². The number of benzene rings is 3. The van der Waals surface area contributed by atoms with E-state index in [1.165, 1.54) is 12.6 Å². The van der Waals surface area contributed by atoms with Crippen molar-refractivity contribution in [3.63, 3.8) is 0 Å². The first-order valence-electron chi connectivity index (χ1n) is 11.6. The van der Waals surface area contributed by atoms with E-state index in [9.17, 15) is 8.42 Å². The molecule has 35 heavy (non-hydrogen) atoms. The number of nitrogens with one attached hydrogen (secondary N) is 2. The summed E-state index contributed by atoms with van der Waals surface area (Å²) in [4.78, 5) is 14.5. The highest BCUT2D eigenvalue weighted by atomic mass is 32.2. The summed E-state index contributed by atoms with van der Waals surface area (Å²) in [7, 11) is -2.02. The average Bonchev–Trinajstić information content (AvgIpc) is 2.92. The Morgan fingerprint density at radius 2 is 1.46 bits per heavy atom. The van der Waals surface area contributed by atoms with Crippen molar-refractivity contribution < 1.29 is 8.42 Å². The number of fused-ring (bicyclic) bond motifs is 1. The van der Waals surface area contributed by atoms with Crippen LogP contribution in [0, 0.1) is 0 Å². The zero-order chi connectivity index (χ0) is 24.3. The lowest BCUT2D eigenvalue weighted by molar-refractivity contribution is 0.588. The number of rotatable bonds is 7. The van der Waals surface area contributed by atoms with Crippen LogP contribution in [0.1, 0.15) is 5.56 Å². The molecule has 9 heteroatoms. The van der Waals surface area contributed by atoms with Crippen LogP contribution in [0.3, 0.4) is 0 Å². The maximum absolute atomic E-state index is 12.0. The molecule has 2 heterocycles. The van der Waals surface area contributed by atoms with Crippen LogP contribution in [0.2, 0.25) is 0 Å². The van der Waals surface area contributed by atoms with E-state index < -0.39 is 10.0 Å². The van der Waals surface area contributed by atoms with Gasteiger partial charge in [0.05, 0.1) is 10.4 Å². The van der Waals surface area contributed by atoms with Gasteiger partial charge < -0.3 is 15.1 Å². The Bertz CT molecular complexity index is 1400. The number of anilines is 3. The zero-order valence-electron chi connectivity index (χ0n) is 19.6. The Hall–Kier alpha value is -3.69. The van der Waals surface area contributed by atoms with Crippen LogP contribution in [0.25, 0.3) is 10.9 Å². The quantitative estimate of drug-likeness (QED) is 0.412. The summed E-state index contributed by atoms with van der Waals surface area (Å²) in [5.41, 5.74) is 3.11. The summed E-state index contributed by atoms with van der Waals surface area (Å²) >= 11 is 0. The highest BCUT2D eigenvalue weighted by Crippen LogP contribution is 2.26. The number of hydrogen-bond acceptors (Lipinski definition) is 7. The fraction of sp³-hybridized carbons (Fsp3) is 0.231. The molecule has 2 N–H and O–H groups in total. The van der Waals surface area contributed by atoms with Crippen molar-refractivity contribution in [3.05, 3.63) is 84.4 Å². The summed E-state index contributed by atoms with van der Waals surface area (Å²) in [5, 5.41) is 4.50. The molecule has 1 aromatic heterocycles. The predicted octanol–water partition coefficient (Wildman–Crippen LogP) is 3.48. The van der Waals surface area contributed by atoms with E-state index in [0.717, 1.165) is 54.5 Å². The largest absolute Gasteiger partial charge is 0.368 e. The third-order valence-corrected chi connectivity index (χ3v) is 7.67. The van der Waals surface area contributed by atoms with E-state index >= 15 is 0 Å². The van der Waals surface area contributed by atoms with E-state index in [0.29, 0.717) is 6.54 Å². The molecule has 3 aromatic carbocycles. The van der Waals surface area contributed by atoms with Gasteiger partial charge in [-0.3, -0.25) is 0 Å². The van der Waals surface area contributed by atoms with Gasteiger partial charge in [0.1, 0.15) is 5.82 Å². The third kappa shape index (κ3) is 5.06.